The molecule has 0 aliphatic carbocycles. The second-order valence-corrected chi connectivity index (χ2v) is 3.93. The molecule has 0 atom stereocenters. The minimum absolute atomic E-state index is 0.100. The Bertz CT molecular complexity index is 571. The summed E-state index contributed by atoms with van der Waals surface area (Å²) in [6.45, 7) is 5.55. The van der Waals surface area contributed by atoms with E-state index in [1.165, 1.54) is 6.08 Å². The second-order valence-electron chi connectivity index (χ2n) is 3.93. The van der Waals surface area contributed by atoms with Crippen LogP contribution in [0.5, 0.6) is 5.75 Å². The molecule has 1 aromatic carbocycles. The van der Waals surface area contributed by atoms with Gasteiger partial charge in [-0.3, -0.25) is 0 Å². The standard InChI is InChI=1S/C14H15NO3/c1-3-7-17-14(16)9-18-13-6-4-5-12-11(13)8-10(2)15-12/h3-6,8,15H,1,7,9H2,2H3. The number of hydrogen-bond acceptors (Lipinski definition) is 3. The molecule has 1 aromatic heterocycles. The molecule has 0 bridgehead atoms. The van der Waals surface area contributed by atoms with Crippen molar-refractivity contribution >= 4 is 16.9 Å². The molecule has 4 nitrogen and oxygen atoms in total. The maximum Gasteiger partial charge on any atom is 0.344 e. The number of benzene rings is 1. The highest BCUT2D eigenvalue weighted by atomic mass is 16.6. The van der Waals surface area contributed by atoms with Crippen molar-refractivity contribution in [1.82, 2.24) is 4.98 Å². The molecule has 0 radical (unpaired) electrons. The molecule has 0 saturated heterocycles. The molecule has 0 fully saturated rings. The first-order chi connectivity index (χ1) is 8.70. The molecule has 2 rings (SSSR count). The topological polar surface area (TPSA) is 51.3 Å². The first kappa shape index (κ1) is 12.2. The van der Waals surface area contributed by atoms with E-state index in [0.29, 0.717) is 5.75 Å². The Kier molecular flexibility index (Phi) is 3.67. The van der Waals surface area contributed by atoms with Crippen molar-refractivity contribution in [3.05, 3.63) is 42.6 Å². The Balaban J connectivity index is 2.07. The predicted octanol–water partition coefficient (Wildman–Crippen LogP) is 2.58. The van der Waals surface area contributed by atoms with Crippen LogP contribution in [0.2, 0.25) is 0 Å². The molecule has 1 heterocycles. The number of rotatable bonds is 5. The van der Waals surface area contributed by atoms with Crippen molar-refractivity contribution in [3.8, 4) is 5.75 Å². The number of carbonyl (C=O) groups is 1. The van der Waals surface area contributed by atoms with Crippen molar-refractivity contribution in [3.63, 3.8) is 0 Å². The Morgan fingerprint density at radius 3 is 3.11 bits per heavy atom. The van der Waals surface area contributed by atoms with Crippen LogP contribution in [0.1, 0.15) is 5.69 Å². The zero-order valence-electron chi connectivity index (χ0n) is 10.2. The number of hydrogen-bond donors (Lipinski definition) is 1. The lowest BCUT2D eigenvalue weighted by atomic mass is 10.2. The van der Waals surface area contributed by atoms with Crippen LogP contribution < -0.4 is 4.74 Å². The van der Waals surface area contributed by atoms with Gasteiger partial charge in [0.2, 0.25) is 0 Å². The molecule has 0 amide bonds. The van der Waals surface area contributed by atoms with Gasteiger partial charge in [-0.1, -0.05) is 18.7 Å². The van der Waals surface area contributed by atoms with Crippen molar-refractivity contribution in [2.24, 2.45) is 0 Å². The van der Waals surface area contributed by atoms with Crippen LogP contribution in [0.15, 0.2) is 36.9 Å². The Labute approximate surface area is 105 Å². The molecule has 0 unspecified atom stereocenters. The maximum absolute atomic E-state index is 11.3. The zero-order chi connectivity index (χ0) is 13.0. The minimum atomic E-state index is -0.404. The van der Waals surface area contributed by atoms with Crippen LogP contribution in [0, 0.1) is 6.92 Å². The Morgan fingerprint density at radius 2 is 2.33 bits per heavy atom. The summed E-state index contributed by atoms with van der Waals surface area (Å²) in [5, 5.41) is 0.964. The van der Waals surface area contributed by atoms with Crippen molar-refractivity contribution in [2.45, 2.75) is 6.92 Å². The first-order valence-corrected chi connectivity index (χ1v) is 5.68. The zero-order valence-corrected chi connectivity index (χ0v) is 10.2. The summed E-state index contributed by atoms with van der Waals surface area (Å²) in [4.78, 5) is 14.5. The van der Waals surface area contributed by atoms with Gasteiger partial charge in [-0.15, -0.1) is 0 Å². The summed E-state index contributed by atoms with van der Waals surface area (Å²) in [5.74, 6) is 0.270. The van der Waals surface area contributed by atoms with Crippen LogP contribution in [-0.2, 0) is 9.53 Å². The van der Waals surface area contributed by atoms with Gasteiger partial charge >= 0.3 is 5.97 Å². The molecule has 0 saturated carbocycles. The van der Waals surface area contributed by atoms with E-state index in [9.17, 15) is 4.79 Å². The number of fused-ring (bicyclic) bond motifs is 1. The van der Waals surface area contributed by atoms with Crippen molar-refractivity contribution in [2.75, 3.05) is 13.2 Å². The van der Waals surface area contributed by atoms with Crippen LogP contribution in [0.25, 0.3) is 10.9 Å². The van der Waals surface area contributed by atoms with Gasteiger partial charge in [-0.2, -0.15) is 0 Å². The van der Waals surface area contributed by atoms with Crippen molar-refractivity contribution < 1.29 is 14.3 Å². The number of carbonyl (C=O) groups excluding carboxylic acids is 1. The number of aromatic amines is 1. The molecule has 0 aliphatic heterocycles. The van der Waals surface area contributed by atoms with Crippen LogP contribution in [-0.4, -0.2) is 24.2 Å². The summed E-state index contributed by atoms with van der Waals surface area (Å²) in [6, 6.07) is 7.66. The number of ether oxygens (including phenoxy) is 2. The molecular weight excluding hydrogens is 230 g/mol. The molecular formula is C14H15NO3. The van der Waals surface area contributed by atoms with E-state index in [4.69, 9.17) is 9.47 Å². The number of H-pyrrole nitrogens is 1. The average molecular weight is 245 g/mol. The molecule has 1 N–H and O–H groups in total. The SMILES string of the molecule is C=CCOC(=O)COc1cccc2[nH]c(C)cc12. The average Bonchev–Trinajstić information content (AvgIpc) is 2.74. The largest absolute Gasteiger partial charge is 0.481 e. The predicted molar refractivity (Wildman–Crippen MR) is 69.7 cm³/mol. The first-order valence-electron chi connectivity index (χ1n) is 5.68. The lowest BCUT2D eigenvalue weighted by Crippen LogP contribution is -2.14. The van der Waals surface area contributed by atoms with Gasteiger partial charge in [0.1, 0.15) is 12.4 Å². The number of esters is 1. The van der Waals surface area contributed by atoms with E-state index in [-0.39, 0.29) is 13.2 Å². The quantitative estimate of drug-likeness (QED) is 0.650. The fraction of sp³-hybridized carbons (Fsp3) is 0.214. The minimum Gasteiger partial charge on any atom is -0.481 e. The van der Waals surface area contributed by atoms with Gasteiger partial charge in [0, 0.05) is 16.6 Å². The third-order valence-electron chi connectivity index (χ3n) is 2.47. The monoisotopic (exact) mass is 245 g/mol. The number of aryl methyl sites for hydroxylation is 1. The van der Waals surface area contributed by atoms with Crippen molar-refractivity contribution in [1.29, 1.82) is 0 Å². The van der Waals surface area contributed by atoms with E-state index in [2.05, 4.69) is 11.6 Å². The van der Waals surface area contributed by atoms with Gasteiger partial charge in [0.25, 0.3) is 0 Å². The van der Waals surface area contributed by atoms with Crippen LogP contribution in [0.3, 0.4) is 0 Å². The summed E-state index contributed by atoms with van der Waals surface area (Å²) in [5.41, 5.74) is 2.04. The summed E-state index contributed by atoms with van der Waals surface area (Å²) >= 11 is 0. The third kappa shape index (κ3) is 2.71. The Morgan fingerprint density at radius 1 is 1.50 bits per heavy atom. The highest BCUT2D eigenvalue weighted by Gasteiger charge is 2.07. The number of nitrogens with one attached hydrogen (secondary N) is 1. The maximum atomic E-state index is 11.3. The smallest absolute Gasteiger partial charge is 0.344 e. The van der Waals surface area contributed by atoms with Gasteiger partial charge in [-0.05, 0) is 25.1 Å². The molecule has 94 valence electrons. The van der Waals surface area contributed by atoms with E-state index in [0.717, 1.165) is 16.6 Å². The van der Waals surface area contributed by atoms with Gasteiger partial charge in [0.15, 0.2) is 6.61 Å². The molecule has 4 heteroatoms. The molecule has 2 aromatic rings. The normalized spacial score (nSPS) is 10.3. The molecule has 0 aliphatic rings. The lowest BCUT2D eigenvalue weighted by Gasteiger charge is -2.06. The lowest BCUT2D eigenvalue weighted by molar-refractivity contribution is -0.144. The van der Waals surface area contributed by atoms with E-state index in [1.54, 1.807) is 0 Å². The fourth-order valence-electron chi connectivity index (χ4n) is 1.72. The number of aromatic nitrogens is 1. The molecule has 18 heavy (non-hydrogen) atoms. The summed E-state index contributed by atoms with van der Waals surface area (Å²) in [7, 11) is 0. The molecule has 0 spiro atoms. The van der Waals surface area contributed by atoms with E-state index >= 15 is 0 Å². The highest BCUT2D eigenvalue weighted by Crippen LogP contribution is 2.25. The second kappa shape index (κ2) is 5.40. The van der Waals surface area contributed by atoms with Gasteiger partial charge in [-0.25, -0.2) is 4.79 Å². The third-order valence-corrected chi connectivity index (χ3v) is 2.47. The van der Waals surface area contributed by atoms with Gasteiger partial charge < -0.3 is 14.5 Å². The summed E-state index contributed by atoms with van der Waals surface area (Å²) in [6.07, 6.45) is 1.52. The van der Waals surface area contributed by atoms with E-state index in [1.807, 2.05) is 31.2 Å². The summed E-state index contributed by atoms with van der Waals surface area (Å²) < 4.78 is 10.3. The fourth-order valence-corrected chi connectivity index (χ4v) is 1.72. The van der Waals surface area contributed by atoms with Crippen LogP contribution in [0.4, 0.5) is 0 Å². The van der Waals surface area contributed by atoms with Gasteiger partial charge in [0.05, 0.1) is 0 Å². The Hall–Kier alpha value is -2.23. The highest BCUT2D eigenvalue weighted by molar-refractivity contribution is 5.87. The van der Waals surface area contributed by atoms with E-state index < -0.39 is 5.97 Å². The van der Waals surface area contributed by atoms with Crippen LogP contribution >= 0.6 is 0 Å².